The molecule has 3 atom stereocenters. The molecule has 266 valence electrons. The molecule has 0 aromatic heterocycles. The highest BCUT2D eigenvalue weighted by Crippen LogP contribution is 2.35. The number of ether oxygens (including phenoxy) is 2. The normalized spacial score (nSPS) is 18.2. The molecule has 1 aliphatic rings. The van der Waals surface area contributed by atoms with E-state index >= 15 is 0 Å². The SMILES string of the molecule is CCCCCCCCCCCCCCCCOC(=O)C1CCC(C)CC1C(=O)OCCCCCCCCCCCCCCCC. The van der Waals surface area contributed by atoms with E-state index in [1.165, 1.54) is 154 Å². The Morgan fingerprint density at radius 2 is 0.711 bits per heavy atom. The highest BCUT2D eigenvalue weighted by molar-refractivity contribution is 5.82. The molecule has 0 amide bonds. The van der Waals surface area contributed by atoms with Crippen molar-refractivity contribution in [2.75, 3.05) is 13.2 Å². The standard InChI is InChI=1S/C41H78O4/c1-4-6-8-10-12-14-16-18-20-22-24-26-28-30-34-44-40(42)38-33-32-37(3)36-39(38)41(43)45-35-31-29-27-25-23-21-19-17-15-13-11-9-7-5-2/h37-39H,4-36H2,1-3H3. The minimum absolute atomic E-state index is 0.171. The second-order valence-corrected chi connectivity index (χ2v) is 14.7. The van der Waals surface area contributed by atoms with Crippen molar-refractivity contribution < 1.29 is 19.1 Å². The van der Waals surface area contributed by atoms with Crippen LogP contribution in [0.5, 0.6) is 0 Å². The summed E-state index contributed by atoms with van der Waals surface area (Å²) in [6, 6.07) is 0. The van der Waals surface area contributed by atoms with Gasteiger partial charge in [-0.2, -0.15) is 0 Å². The van der Waals surface area contributed by atoms with Gasteiger partial charge >= 0.3 is 11.9 Å². The third-order valence-corrected chi connectivity index (χ3v) is 10.2. The molecule has 0 radical (unpaired) electrons. The number of hydrogen-bond acceptors (Lipinski definition) is 4. The molecule has 0 N–H and O–H groups in total. The van der Waals surface area contributed by atoms with E-state index in [0.717, 1.165) is 44.9 Å². The van der Waals surface area contributed by atoms with Crippen molar-refractivity contribution in [3.05, 3.63) is 0 Å². The zero-order valence-corrected chi connectivity index (χ0v) is 30.7. The highest BCUT2D eigenvalue weighted by atomic mass is 16.5. The highest BCUT2D eigenvalue weighted by Gasteiger charge is 2.40. The summed E-state index contributed by atoms with van der Waals surface area (Å²) >= 11 is 0. The van der Waals surface area contributed by atoms with Crippen LogP contribution in [0.2, 0.25) is 0 Å². The lowest BCUT2D eigenvalue weighted by Gasteiger charge is -2.31. The van der Waals surface area contributed by atoms with Crippen LogP contribution in [0.4, 0.5) is 0 Å². The Balaban J connectivity index is 2.04. The minimum atomic E-state index is -0.329. The first-order valence-electron chi connectivity index (χ1n) is 20.4. The van der Waals surface area contributed by atoms with E-state index in [1.54, 1.807) is 0 Å². The smallest absolute Gasteiger partial charge is 0.309 e. The van der Waals surface area contributed by atoms with Crippen LogP contribution in [-0.4, -0.2) is 25.2 Å². The van der Waals surface area contributed by atoms with E-state index in [2.05, 4.69) is 20.8 Å². The molecular formula is C41H78O4. The minimum Gasteiger partial charge on any atom is -0.465 e. The van der Waals surface area contributed by atoms with Crippen LogP contribution in [0.3, 0.4) is 0 Å². The summed E-state index contributed by atoms with van der Waals surface area (Å²) in [7, 11) is 0. The van der Waals surface area contributed by atoms with Gasteiger partial charge in [-0.15, -0.1) is 0 Å². The number of rotatable bonds is 32. The van der Waals surface area contributed by atoms with Crippen LogP contribution in [0.25, 0.3) is 0 Å². The van der Waals surface area contributed by atoms with Gasteiger partial charge in [-0.05, 0) is 38.0 Å². The lowest BCUT2D eigenvalue weighted by molar-refractivity contribution is -0.163. The van der Waals surface area contributed by atoms with Crippen molar-refractivity contribution in [1.29, 1.82) is 0 Å². The predicted octanol–water partition coefficient (Wildman–Crippen LogP) is 13.1. The van der Waals surface area contributed by atoms with Gasteiger partial charge < -0.3 is 9.47 Å². The van der Waals surface area contributed by atoms with Crippen molar-refractivity contribution in [3.63, 3.8) is 0 Å². The molecule has 0 heterocycles. The van der Waals surface area contributed by atoms with Crippen molar-refractivity contribution in [3.8, 4) is 0 Å². The first-order chi connectivity index (χ1) is 22.1. The monoisotopic (exact) mass is 635 g/mol. The number of carbonyl (C=O) groups excluding carboxylic acids is 2. The van der Waals surface area contributed by atoms with Gasteiger partial charge in [0.2, 0.25) is 0 Å². The zero-order valence-electron chi connectivity index (χ0n) is 30.7. The van der Waals surface area contributed by atoms with E-state index in [1.807, 2.05) is 0 Å². The van der Waals surface area contributed by atoms with E-state index in [4.69, 9.17) is 9.47 Å². The second-order valence-electron chi connectivity index (χ2n) is 14.7. The van der Waals surface area contributed by atoms with Crippen LogP contribution >= 0.6 is 0 Å². The lowest BCUT2D eigenvalue weighted by atomic mass is 9.74. The Labute approximate surface area is 281 Å². The molecule has 1 fully saturated rings. The maximum Gasteiger partial charge on any atom is 0.309 e. The molecule has 1 aliphatic carbocycles. The molecule has 0 bridgehead atoms. The number of esters is 2. The van der Waals surface area contributed by atoms with E-state index in [0.29, 0.717) is 19.1 Å². The van der Waals surface area contributed by atoms with Gasteiger partial charge in [0.05, 0.1) is 25.0 Å². The zero-order chi connectivity index (χ0) is 32.6. The van der Waals surface area contributed by atoms with Crippen LogP contribution < -0.4 is 0 Å². The average molecular weight is 635 g/mol. The van der Waals surface area contributed by atoms with Crippen molar-refractivity contribution >= 4 is 11.9 Å². The van der Waals surface area contributed by atoms with E-state index < -0.39 is 0 Å². The van der Waals surface area contributed by atoms with Crippen LogP contribution in [0.1, 0.15) is 220 Å². The Bertz CT molecular complexity index is 662. The molecule has 0 saturated heterocycles. The summed E-state index contributed by atoms with van der Waals surface area (Å²) in [4.78, 5) is 25.9. The number of carbonyl (C=O) groups is 2. The summed E-state index contributed by atoms with van der Waals surface area (Å²) < 4.78 is 11.4. The third kappa shape index (κ3) is 24.7. The molecular weight excluding hydrogens is 556 g/mol. The Morgan fingerprint density at radius 3 is 1.04 bits per heavy atom. The quantitative estimate of drug-likeness (QED) is 0.0545. The van der Waals surface area contributed by atoms with Gasteiger partial charge in [-0.25, -0.2) is 0 Å². The maximum atomic E-state index is 13.0. The van der Waals surface area contributed by atoms with Gasteiger partial charge in [-0.1, -0.05) is 188 Å². The van der Waals surface area contributed by atoms with Crippen LogP contribution in [0, 0.1) is 17.8 Å². The van der Waals surface area contributed by atoms with Gasteiger partial charge in [0, 0.05) is 0 Å². The van der Waals surface area contributed by atoms with E-state index in [-0.39, 0.29) is 23.8 Å². The largest absolute Gasteiger partial charge is 0.465 e. The summed E-state index contributed by atoms with van der Waals surface area (Å²) in [5.74, 6) is -0.538. The van der Waals surface area contributed by atoms with Gasteiger partial charge in [0.15, 0.2) is 0 Å². The topological polar surface area (TPSA) is 52.6 Å². The fourth-order valence-corrected chi connectivity index (χ4v) is 7.08. The lowest BCUT2D eigenvalue weighted by Crippen LogP contribution is -2.37. The second kappa shape index (κ2) is 31.5. The number of hydrogen-bond donors (Lipinski definition) is 0. The number of unbranched alkanes of at least 4 members (excludes halogenated alkanes) is 26. The molecule has 4 nitrogen and oxygen atoms in total. The Hall–Kier alpha value is -1.06. The summed E-state index contributed by atoms with van der Waals surface area (Å²) in [6.45, 7) is 7.72. The molecule has 45 heavy (non-hydrogen) atoms. The molecule has 0 aromatic rings. The summed E-state index contributed by atoms with van der Waals surface area (Å²) in [5.41, 5.74) is 0. The molecule has 3 unspecified atom stereocenters. The van der Waals surface area contributed by atoms with E-state index in [9.17, 15) is 9.59 Å². The summed E-state index contributed by atoms with van der Waals surface area (Å²) in [5, 5.41) is 0. The third-order valence-electron chi connectivity index (χ3n) is 10.2. The maximum absolute atomic E-state index is 13.0. The summed E-state index contributed by atoms with van der Waals surface area (Å²) in [6.07, 6.45) is 39.3. The molecule has 1 rings (SSSR count). The molecule has 4 heteroatoms. The van der Waals surface area contributed by atoms with Crippen molar-refractivity contribution in [2.24, 2.45) is 17.8 Å². The Kier molecular flexibility index (Phi) is 29.4. The van der Waals surface area contributed by atoms with Crippen molar-refractivity contribution in [1.82, 2.24) is 0 Å². The molecule has 0 spiro atoms. The molecule has 0 aromatic carbocycles. The van der Waals surface area contributed by atoms with Crippen LogP contribution in [0.15, 0.2) is 0 Å². The fourth-order valence-electron chi connectivity index (χ4n) is 7.08. The van der Waals surface area contributed by atoms with Gasteiger partial charge in [-0.3, -0.25) is 9.59 Å². The predicted molar refractivity (Wildman–Crippen MR) is 193 cm³/mol. The van der Waals surface area contributed by atoms with Gasteiger partial charge in [0.25, 0.3) is 0 Å². The molecule has 1 saturated carbocycles. The Morgan fingerprint density at radius 1 is 0.422 bits per heavy atom. The molecule has 0 aliphatic heterocycles. The van der Waals surface area contributed by atoms with Crippen LogP contribution in [-0.2, 0) is 19.1 Å². The van der Waals surface area contributed by atoms with Gasteiger partial charge in [0.1, 0.15) is 0 Å². The first-order valence-corrected chi connectivity index (χ1v) is 20.4. The first kappa shape index (κ1) is 42.0. The average Bonchev–Trinajstić information content (AvgIpc) is 3.04. The fraction of sp³-hybridized carbons (Fsp3) is 0.951. The van der Waals surface area contributed by atoms with Crippen molar-refractivity contribution in [2.45, 2.75) is 220 Å².